The van der Waals surface area contributed by atoms with Crippen molar-refractivity contribution in [3.63, 3.8) is 0 Å². The number of thioether (sulfide) groups is 1. The van der Waals surface area contributed by atoms with Gasteiger partial charge >= 0.3 is 0 Å². The number of aromatic nitrogens is 2. The lowest BCUT2D eigenvalue weighted by Crippen LogP contribution is -2.14. The largest absolute Gasteiger partial charge is 0.481 e. The maximum absolute atomic E-state index is 5.96. The monoisotopic (exact) mass is 380 g/mol. The van der Waals surface area contributed by atoms with E-state index in [9.17, 15) is 0 Å². The number of methoxy groups -OCH3 is 2. The molecule has 1 unspecified atom stereocenters. The van der Waals surface area contributed by atoms with Gasteiger partial charge in [0.25, 0.3) is 0 Å². The first-order valence-electron chi connectivity index (χ1n) is 7.70. The quantitative estimate of drug-likeness (QED) is 0.317. The molecule has 25 heavy (non-hydrogen) atoms. The molecule has 0 saturated heterocycles. The molecule has 1 N–H and O–H groups in total. The molecule has 0 amide bonds. The van der Waals surface area contributed by atoms with Gasteiger partial charge < -0.3 is 9.47 Å². The number of ether oxygens (including phenoxy) is 2. The average molecular weight is 381 g/mol. The second kappa shape index (κ2) is 9.48. The SMILES string of the molecule is COc1cc(OC)nc(SC(/C=N/Nc2cccc(Cl)c2)C(C)C)n1. The van der Waals surface area contributed by atoms with Crippen LogP contribution in [-0.4, -0.2) is 35.7 Å². The third-order valence-electron chi connectivity index (χ3n) is 3.22. The maximum Gasteiger partial charge on any atom is 0.220 e. The van der Waals surface area contributed by atoms with Crippen LogP contribution in [0.3, 0.4) is 0 Å². The number of halogens is 1. The Bertz CT molecular complexity index is 705. The van der Waals surface area contributed by atoms with E-state index in [2.05, 4.69) is 34.3 Å². The van der Waals surface area contributed by atoms with Gasteiger partial charge in [-0.2, -0.15) is 15.1 Å². The normalized spacial score (nSPS) is 12.4. The van der Waals surface area contributed by atoms with Crippen LogP contribution in [0.5, 0.6) is 11.8 Å². The maximum atomic E-state index is 5.96. The predicted molar refractivity (Wildman–Crippen MR) is 103 cm³/mol. The topological polar surface area (TPSA) is 68.6 Å². The number of nitrogens with one attached hydrogen (secondary N) is 1. The van der Waals surface area contributed by atoms with E-state index in [1.807, 2.05) is 30.5 Å². The van der Waals surface area contributed by atoms with Gasteiger partial charge in [-0.05, 0) is 24.1 Å². The highest BCUT2D eigenvalue weighted by molar-refractivity contribution is 8.00. The lowest BCUT2D eigenvalue weighted by molar-refractivity contribution is 0.364. The predicted octanol–water partition coefficient (Wildman–Crippen LogP) is 4.36. The molecule has 0 fully saturated rings. The molecule has 1 heterocycles. The van der Waals surface area contributed by atoms with Crippen LogP contribution in [0.4, 0.5) is 5.69 Å². The molecule has 0 radical (unpaired) electrons. The lowest BCUT2D eigenvalue weighted by Gasteiger charge is -2.15. The van der Waals surface area contributed by atoms with Crippen LogP contribution in [0.1, 0.15) is 13.8 Å². The van der Waals surface area contributed by atoms with E-state index in [1.165, 1.54) is 11.8 Å². The molecule has 0 bridgehead atoms. The molecular weight excluding hydrogens is 360 g/mol. The third kappa shape index (κ3) is 6.10. The van der Waals surface area contributed by atoms with Crippen molar-refractivity contribution in [3.05, 3.63) is 35.4 Å². The molecule has 1 aromatic carbocycles. The Morgan fingerprint density at radius 3 is 2.40 bits per heavy atom. The fourth-order valence-corrected chi connectivity index (χ4v) is 2.96. The number of anilines is 1. The van der Waals surface area contributed by atoms with Crippen molar-refractivity contribution in [1.29, 1.82) is 0 Å². The van der Waals surface area contributed by atoms with Gasteiger partial charge in [0, 0.05) is 11.2 Å². The van der Waals surface area contributed by atoms with Crippen molar-refractivity contribution in [2.75, 3.05) is 19.6 Å². The van der Waals surface area contributed by atoms with Gasteiger partial charge in [-0.1, -0.05) is 43.3 Å². The Hall–Kier alpha value is -1.99. The van der Waals surface area contributed by atoms with E-state index in [0.717, 1.165) is 5.69 Å². The summed E-state index contributed by atoms with van der Waals surface area (Å²) < 4.78 is 10.4. The molecule has 0 aliphatic heterocycles. The summed E-state index contributed by atoms with van der Waals surface area (Å²) in [4.78, 5) is 8.70. The van der Waals surface area contributed by atoms with Crippen LogP contribution in [0.15, 0.2) is 40.6 Å². The lowest BCUT2D eigenvalue weighted by atomic mass is 10.1. The number of hydrogen-bond donors (Lipinski definition) is 1. The molecule has 2 aromatic rings. The van der Waals surface area contributed by atoms with E-state index < -0.39 is 0 Å². The van der Waals surface area contributed by atoms with Crippen LogP contribution in [-0.2, 0) is 0 Å². The van der Waals surface area contributed by atoms with Gasteiger partial charge in [-0.15, -0.1) is 0 Å². The average Bonchev–Trinajstić information content (AvgIpc) is 2.60. The van der Waals surface area contributed by atoms with Crippen molar-refractivity contribution >= 4 is 35.3 Å². The number of rotatable bonds is 8. The van der Waals surface area contributed by atoms with E-state index in [4.69, 9.17) is 21.1 Å². The second-order valence-corrected chi connectivity index (χ2v) is 7.04. The van der Waals surface area contributed by atoms with E-state index in [-0.39, 0.29) is 5.25 Å². The summed E-state index contributed by atoms with van der Waals surface area (Å²) in [6.45, 7) is 4.22. The van der Waals surface area contributed by atoms with E-state index in [1.54, 1.807) is 20.3 Å². The Morgan fingerprint density at radius 1 is 1.16 bits per heavy atom. The van der Waals surface area contributed by atoms with E-state index >= 15 is 0 Å². The van der Waals surface area contributed by atoms with Crippen molar-refractivity contribution in [2.45, 2.75) is 24.3 Å². The molecule has 0 aliphatic carbocycles. The first-order chi connectivity index (χ1) is 12.0. The van der Waals surface area contributed by atoms with Crippen LogP contribution in [0, 0.1) is 5.92 Å². The minimum Gasteiger partial charge on any atom is -0.481 e. The Balaban J connectivity index is 2.09. The van der Waals surface area contributed by atoms with Gasteiger partial charge in [0.05, 0.1) is 31.2 Å². The van der Waals surface area contributed by atoms with Crippen molar-refractivity contribution in [3.8, 4) is 11.8 Å². The van der Waals surface area contributed by atoms with Crippen LogP contribution in [0.25, 0.3) is 0 Å². The van der Waals surface area contributed by atoms with E-state index in [0.29, 0.717) is 27.9 Å². The number of hydrogen-bond acceptors (Lipinski definition) is 7. The summed E-state index contributed by atoms with van der Waals surface area (Å²) in [7, 11) is 3.12. The fraction of sp³-hybridized carbons (Fsp3) is 0.353. The number of hydrazone groups is 1. The summed E-state index contributed by atoms with van der Waals surface area (Å²) in [5.74, 6) is 1.26. The zero-order valence-corrected chi connectivity index (χ0v) is 16.1. The molecule has 1 atom stereocenters. The summed E-state index contributed by atoms with van der Waals surface area (Å²) in [6, 6.07) is 9.04. The Labute approximate surface area is 157 Å². The minimum atomic E-state index is 0.0727. The van der Waals surface area contributed by atoms with Crippen molar-refractivity contribution in [2.24, 2.45) is 11.0 Å². The van der Waals surface area contributed by atoms with Crippen molar-refractivity contribution < 1.29 is 9.47 Å². The molecule has 8 heteroatoms. The van der Waals surface area contributed by atoms with Gasteiger partial charge in [0.2, 0.25) is 11.8 Å². The molecule has 0 saturated carbocycles. The van der Waals surface area contributed by atoms with Crippen molar-refractivity contribution in [1.82, 2.24) is 9.97 Å². The first kappa shape index (κ1) is 19.3. The van der Waals surface area contributed by atoms with Gasteiger partial charge in [0.15, 0.2) is 5.16 Å². The van der Waals surface area contributed by atoms with Gasteiger partial charge in [-0.3, -0.25) is 5.43 Å². The summed E-state index contributed by atoms with van der Waals surface area (Å²) >= 11 is 7.46. The van der Waals surface area contributed by atoms with Crippen LogP contribution < -0.4 is 14.9 Å². The highest BCUT2D eigenvalue weighted by atomic mass is 35.5. The Kier molecular flexibility index (Phi) is 7.33. The fourth-order valence-electron chi connectivity index (χ4n) is 1.85. The molecule has 0 aliphatic rings. The summed E-state index contributed by atoms with van der Waals surface area (Å²) in [5, 5.41) is 5.62. The zero-order valence-electron chi connectivity index (χ0n) is 14.6. The minimum absolute atomic E-state index is 0.0727. The standard InChI is InChI=1S/C17H21ClN4O2S/c1-11(2)14(10-19-22-13-7-5-6-12(18)8-13)25-17-20-15(23-3)9-16(21-17)24-4/h5-11,14,22H,1-4H3/b19-10+. The highest BCUT2D eigenvalue weighted by Crippen LogP contribution is 2.28. The number of nitrogens with zero attached hydrogens (tertiary/aromatic N) is 3. The number of benzene rings is 1. The highest BCUT2D eigenvalue weighted by Gasteiger charge is 2.16. The zero-order chi connectivity index (χ0) is 18.2. The Morgan fingerprint density at radius 2 is 1.84 bits per heavy atom. The third-order valence-corrected chi connectivity index (χ3v) is 4.78. The molecular formula is C17H21ClN4O2S. The smallest absolute Gasteiger partial charge is 0.220 e. The van der Waals surface area contributed by atoms with Crippen LogP contribution >= 0.6 is 23.4 Å². The molecule has 2 rings (SSSR count). The molecule has 0 spiro atoms. The molecule has 1 aromatic heterocycles. The van der Waals surface area contributed by atoms with Gasteiger partial charge in [0.1, 0.15) is 0 Å². The summed E-state index contributed by atoms with van der Waals surface area (Å²) in [5.41, 5.74) is 3.81. The second-order valence-electron chi connectivity index (χ2n) is 5.46. The molecule has 134 valence electrons. The van der Waals surface area contributed by atoms with Gasteiger partial charge in [-0.25, -0.2) is 0 Å². The first-order valence-corrected chi connectivity index (χ1v) is 8.96. The molecule has 6 nitrogen and oxygen atoms in total. The summed E-state index contributed by atoms with van der Waals surface area (Å²) in [6.07, 6.45) is 1.84. The van der Waals surface area contributed by atoms with Crippen LogP contribution in [0.2, 0.25) is 5.02 Å².